The fourth-order valence-electron chi connectivity index (χ4n) is 25.4. The van der Waals surface area contributed by atoms with Gasteiger partial charge in [0.2, 0.25) is 0 Å². The van der Waals surface area contributed by atoms with Gasteiger partial charge < -0.3 is 75.0 Å². The van der Waals surface area contributed by atoms with E-state index in [1.165, 1.54) is 176 Å². The van der Waals surface area contributed by atoms with E-state index in [1.807, 2.05) is 18.2 Å². The Morgan fingerprint density at radius 3 is 0.946 bits per heavy atom. The summed E-state index contributed by atoms with van der Waals surface area (Å²) in [6, 6.07) is 41.4. The molecule has 0 heterocycles. The Balaban J connectivity index is 0.000000125. The van der Waals surface area contributed by atoms with Crippen molar-refractivity contribution in [3.05, 3.63) is 143 Å². The van der Waals surface area contributed by atoms with Gasteiger partial charge in [-0.1, -0.05) is 68.4 Å². The molecule has 0 aromatic heterocycles. The average molecular weight is 1540 g/mol. The third-order valence-electron chi connectivity index (χ3n) is 28.9. The summed E-state index contributed by atoms with van der Waals surface area (Å²) in [6.07, 6.45) is 33.6. The molecule has 16 fully saturated rings. The Hall–Kier alpha value is -5.46. The van der Waals surface area contributed by atoms with Crippen molar-refractivity contribution in [2.75, 3.05) is 94.0 Å². The molecule has 4 atom stereocenters. The lowest BCUT2D eigenvalue weighted by Gasteiger charge is -2.57. The molecule has 8 N–H and O–H groups in total. The van der Waals surface area contributed by atoms with Crippen molar-refractivity contribution in [3.8, 4) is 34.5 Å². The van der Waals surface area contributed by atoms with Crippen LogP contribution in [0.4, 0.5) is 0 Å². The SMILES string of the molecule is CC(C)(C)NCC(O)COc1ccc(C23CC4CC(CC(C4)C2)C3)cc1.CC(C)NCC(O)COc1ccc(C23CC4CC(CC(C4)C2)C3)cc1.CN(C)CCCNCC(O)COc1ccc(C23CC4CC(CC(C4)C2)C3)cc1.COc1ccc(CNCC(O)COc2ccc(C34CC5CC(CC(C5)C3)C4)cc2)cc1OC. The van der Waals surface area contributed by atoms with Gasteiger partial charge in [-0.2, -0.15) is 0 Å². The van der Waals surface area contributed by atoms with Crippen LogP contribution >= 0.6 is 0 Å². The standard InChI is InChI=1S/C28H37NO4.C24H38N2O2.C23H35NO2.C22H33NO2/c1-31-26-8-3-19(12-27(26)32-2)16-29-17-24(30)18-33-25-6-4-23(5-7-25)28-13-20-9-21(14-28)11-22(10-20)15-28;1-26(2)9-3-8-25-16-22(27)17-28-23-6-4-21(5-7-23)24-13-18-10-19(14-24)12-20(11-18)15-24;1-22(2,3)24-14-20(25)15-26-21-6-4-19(5-7-21)23-11-16-8-17(12-23)10-18(9-16)13-23;1-15(2)23-13-20(24)14-25-21-5-3-19(4-6-21)22-10-16-7-17(11-22)9-18(8-16)12-22/h3-8,12,20-22,24,29-30H,9-11,13-18H2,1-2H3;4-7,18-20,22,25,27H,3,8-17H2,1-2H3;4-7,16-18,20,24-25H,8-15H2,1-3H3;3-6,15-18,20,23-24H,7-14H2,1-2H3. The topological polar surface area (TPSA) is 188 Å². The Kier molecular flexibility index (Phi) is 27.4. The molecule has 0 spiro atoms. The highest BCUT2D eigenvalue weighted by atomic mass is 16.5. The fraction of sp³-hybridized carbons (Fsp3) is 0.691. The molecule has 15 nitrogen and oxygen atoms in total. The predicted molar refractivity (Wildman–Crippen MR) is 449 cm³/mol. The van der Waals surface area contributed by atoms with Crippen LogP contribution in [0.25, 0.3) is 0 Å². The minimum atomic E-state index is -0.576. The molecular formula is C97H143N5O10. The van der Waals surface area contributed by atoms with Gasteiger partial charge in [0, 0.05) is 44.3 Å². The van der Waals surface area contributed by atoms with Crippen LogP contribution in [-0.4, -0.2) is 155 Å². The molecule has 16 aliphatic rings. The Bertz CT molecular complexity index is 3580. The summed E-state index contributed by atoms with van der Waals surface area (Å²) in [7, 11) is 7.42. The molecule has 0 amide bonds. The van der Waals surface area contributed by atoms with Crippen molar-refractivity contribution >= 4 is 0 Å². The number of methoxy groups -OCH3 is 2. The van der Waals surface area contributed by atoms with E-state index in [-0.39, 0.29) is 12.1 Å². The van der Waals surface area contributed by atoms with E-state index < -0.39 is 24.4 Å². The normalized spacial score (nSPS) is 32.0. The van der Waals surface area contributed by atoms with Crippen LogP contribution in [0.3, 0.4) is 0 Å². The monoisotopic (exact) mass is 1540 g/mol. The highest BCUT2D eigenvalue weighted by Gasteiger charge is 2.55. The van der Waals surface area contributed by atoms with Gasteiger partial charge in [-0.05, 0) is 390 Å². The predicted octanol–water partition coefficient (Wildman–Crippen LogP) is 16.3. The first-order valence-electron chi connectivity index (χ1n) is 44.3. The van der Waals surface area contributed by atoms with Gasteiger partial charge >= 0.3 is 0 Å². The number of β-amino-alcohol motifs (C(OH)–C–C–N with tert-alkyl or cyclic N) is 1. The molecule has 5 aromatic carbocycles. The smallest absolute Gasteiger partial charge is 0.161 e. The zero-order chi connectivity index (χ0) is 78.2. The minimum Gasteiger partial charge on any atom is -0.493 e. The third kappa shape index (κ3) is 21.5. The lowest BCUT2D eigenvalue weighted by molar-refractivity contribution is -0.00534. The molecule has 16 aliphatic carbocycles. The number of nitrogens with one attached hydrogen (secondary N) is 4. The molecule has 15 heteroatoms. The summed E-state index contributed by atoms with van der Waals surface area (Å²) in [5.41, 5.74) is 8.94. The summed E-state index contributed by atoms with van der Waals surface area (Å²) >= 11 is 0. The van der Waals surface area contributed by atoms with Crippen molar-refractivity contribution in [1.29, 1.82) is 0 Å². The molecule has 112 heavy (non-hydrogen) atoms. The van der Waals surface area contributed by atoms with Crippen molar-refractivity contribution in [2.45, 2.75) is 259 Å². The summed E-state index contributed by atoms with van der Waals surface area (Å²) in [5.74, 6) is 16.5. The van der Waals surface area contributed by atoms with E-state index >= 15 is 0 Å². The average Bonchev–Trinajstić information content (AvgIpc) is 0.756. The number of aliphatic hydroxyl groups excluding tert-OH is 4. The van der Waals surface area contributed by atoms with Crippen molar-refractivity contribution < 1.29 is 48.8 Å². The van der Waals surface area contributed by atoms with E-state index in [4.69, 9.17) is 28.4 Å². The maximum atomic E-state index is 10.3. The third-order valence-corrected chi connectivity index (χ3v) is 28.9. The second-order valence-electron chi connectivity index (χ2n) is 40.1. The second kappa shape index (κ2) is 37.0. The highest BCUT2D eigenvalue weighted by Crippen LogP contribution is 2.65. The van der Waals surface area contributed by atoms with Gasteiger partial charge in [-0.25, -0.2) is 0 Å². The molecule has 0 radical (unpaired) electrons. The lowest BCUT2D eigenvalue weighted by atomic mass is 9.48. The molecule has 16 bridgehead atoms. The summed E-state index contributed by atoms with van der Waals surface area (Å²) in [5, 5.41) is 53.7. The van der Waals surface area contributed by atoms with Crippen LogP contribution in [0, 0.1) is 71.0 Å². The van der Waals surface area contributed by atoms with Crippen LogP contribution in [0.2, 0.25) is 0 Å². The molecule has 16 saturated carbocycles. The quantitative estimate of drug-likeness (QED) is 0.0185. The zero-order valence-corrected chi connectivity index (χ0v) is 69.9. The fourth-order valence-corrected chi connectivity index (χ4v) is 25.4. The number of rotatable bonds is 33. The van der Waals surface area contributed by atoms with Gasteiger partial charge in [0.25, 0.3) is 0 Å². The van der Waals surface area contributed by atoms with Gasteiger partial charge in [0.05, 0.1) is 14.2 Å². The lowest BCUT2D eigenvalue weighted by Crippen LogP contribution is -2.48. The van der Waals surface area contributed by atoms with Gasteiger partial charge in [-0.3, -0.25) is 0 Å². The Morgan fingerprint density at radius 2 is 0.670 bits per heavy atom. The maximum absolute atomic E-state index is 10.3. The van der Waals surface area contributed by atoms with Gasteiger partial charge in [0.15, 0.2) is 11.5 Å². The van der Waals surface area contributed by atoms with Crippen LogP contribution in [0.5, 0.6) is 34.5 Å². The van der Waals surface area contributed by atoms with Crippen molar-refractivity contribution in [3.63, 3.8) is 0 Å². The maximum Gasteiger partial charge on any atom is 0.161 e. The highest BCUT2D eigenvalue weighted by molar-refractivity contribution is 5.43. The molecular weight excluding hydrogens is 1400 g/mol. The van der Waals surface area contributed by atoms with E-state index in [0.29, 0.717) is 91.7 Å². The minimum absolute atomic E-state index is 0.0144. The number of hydrogen-bond acceptors (Lipinski definition) is 15. The van der Waals surface area contributed by atoms with Crippen LogP contribution < -0.4 is 49.7 Å². The number of ether oxygens (including phenoxy) is 6. The van der Waals surface area contributed by atoms with Crippen LogP contribution in [-0.2, 0) is 28.2 Å². The number of aliphatic hydroxyl groups is 4. The first-order chi connectivity index (χ1) is 53.9. The molecule has 0 aliphatic heterocycles. The number of nitrogens with zero attached hydrogens (tertiary/aromatic N) is 1. The van der Waals surface area contributed by atoms with Crippen LogP contribution in [0.1, 0.15) is 223 Å². The van der Waals surface area contributed by atoms with Gasteiger partial charge in [0.1, 0.15) is 73.8 Å². The first kappa shape index (κ1) is 83.0. The van der Waals surface area contributed by atoms with Crippen molar-refractivity contribution in [2.24, 2.45) is 71.0 Å². The number of hydrogen-bond donors (Lipinski definition) is 8. The Labute approximate surface area is 673 Å². The van der Waals surface area contributed by atoms with Crippen molar-refractivity contribution in [1.82, 2.24) is 26.2 Å². The molecule has 0 saturated heterocycles. The first-order valence-corrected chi connectivity index (χ1v) is 44.3. The Morgan fingerprint density at radius 1 is 0.384 bits per heavy atom. The van der Waals surface area contributed by atoms with E-state index in [9.17, 15) is 20.4 Å². The molecule has 616 valence electrons. The summed E-state index contributed by atoms with van der Waals surface area (Å²) < 4.78 is 33.9. The number of benzene rings is 5. The molecule has 5 aromatic rings. The summed E-state index contributed by atoms with van der Waals surface area (Å²) in [4.78, 5) is 2.17. The van der Waals surface area contributed by atoms with E-state index in [2.05, 4.69) is 172 Å². The van der Waals surface area contributed by atoms with E-state index in [1.54, 1.807) is 14.2 Å². The zero-order valence-electron chi connectivity index (χ0n) is 69.9. The van der Waals surface area contributed by atoms with Gasteiger partial charge in [-0.15, -0.1) is 0 Å². The second-order valence-corrected chi connectivity index (χ2v) is 40.1. The largest absolute Gasteiger partial charge is 0.493 e. The molecule has 21 rings (SSSR count). The van der Waals surface area contributed by atoms with Crippen LogP contribution in [0.15, 0.2) is 115 Å². The summed E-state index contributed by atoms with van der Waals surface area (Å²) in [6.45, 7) is 16.5. The van der Waals surface area contributed by atoms with E-state index in [0.717, 1.165) is 119 Å². The molecule has 4 unspecified atom stereocenters.